The summed E-state index contributed by atoms with van der Waals surface area (Å²) in [5.74, 6) is -0.522. The predicted octanol–water partition coefficient (Wildman–Crippen LogP) is 5.12. The van der Waals surface area contributed by atoms with Crippen LogP contribution in [0.25, 0.3) is 0 Å². The van der Waals surface area contributed by atoms with Crippen LogP contribution < -0.4 is 5.32 Å². The second-order valence-corrected chi connectivity index (χ2v) is 6.07. The summed E-state index contributed by atoms with van der Waals surface area (Å²) in [6, 6.07) is 8.18. The normalized spacial score (nSPS) is 12.8. The summed E-state index contributed by atoms with van der Waals surface area (Å²) in [7, 11) is 0. The van der Waals surface area contributed by atoms with Crippen molar-refractivity contribution in [1.29, 1.82) is 0 Å². The number of halogens is 3. The molecule has 2 rings (SSSR count). The monoisotopic (exact) mass is 335 g/mol. The zero-order chi connectivity index (χ0) is 18.1. The van der Waals surface area contributed by atoms with Crippen molar-refractivity contribution in [3.05, 3.63) is 69.8 Å². The van der Waals surface area contributed by atoms with Crippen LogP contribution in [0, 0.1) is 20.8 Å². The molecule has 0 aliphatic carbocycles. The molecule has 0 bridgehead atoms. The first kappa shape index (κ1) is 18.0. The lowest BCUT2D eigenvalue weighted by Gasteiger charge is -2.19. The van der Waals surface area contributed by atoms with Crippen LogP contribution in [0.1, 0.15) is 51.1 Å². The fourth-order valence-corrected chi connectivity index (χ4v) is 2.64. The number of amides is 1. The van der Waals surface area contributed by atoms with Crippen molar-refractivity contribution in [3.63, 3.8) is 0 Å². The van der Waals surface area contributed by atoms with Crippen molar-refractivity contribution >= 4 is 5.91 Å². The third-order valence-corrected chi connectivity index (χ3v) is 4.15. The first-order chi connectivity index (χ1) is 11.1. The van der Waals surface area contributed by atoms with E-state index in [0.29, 0.717) is 0 Å². The van der Waals surface area contributed by atoms with Crippen LogP contribution >= 0.6 is 0 Å². The third-order valence-electron chi connectivity index (χ3n) is 4.15. The summed E-state index contributed by atoms with van der Waals surface area (Å²) in [6.07, 6.45) is -4.47. The molecule has 5 heteroatoms. The van der Waals surface area contributed by atoms with E-state index >= 15 is 0 Å². The van der Waals surface area contributed by atoms with Gasteiger partial charge in [-0.15, -0.1) is 0 Å². The van der Waals surface area contributed by atoms with Crippen LogP contribution in [0.2, 0.25) is 0 Å². The van der Waals surface area contributed by atoms with E-state index in [1.807, 2.05) is 39.8 Å². The Morgan fingerprint density at radius 2 is 1.62 bits per heavy atom. The smallest absolute Gasteiger partial charge is 0.346 e. The fraction of sp³-hybridized carbons (Fsp3) is 0.316. The molecule has 0 heterocycles. The largest absolute Gasteiger partial charge is 0.416 e. The van der Waals surface area contributed by atoms with Crippen LogP contribution in [-0.4, -0.2) is 5.91 Å². The number of carbonyl (C=O) groups excluding carboxylic acids is 1. The molecule has 0 radical (unpaired) electrons. The van der Waals surface area contributed by atoms with Gasteiger partial charge in [-0.3, -0.25) is 4.79 Å². The SMILES string of the molecule is Cc1cc(C)c([C@@H](C)NC(=O)c2cccc(C(F)(F)F)c2)cc1C. The van der Waals surface area contributed by atoms with Gasteiger partial charge in [0, 0.05) is 5.56 Å². The van der Waals surface area contributed by atoms with Gasteiger partial charge < -0.3 is 5.32 Å². The molecule has 2 nitrogen and oxygen atoms in total. The molecular weight excluding hydrogens is 315 g/mol. The maximum absolute atomic E-state index is 12.8. The molecule has 1 amide bonds. The van der Waals surface area contributed by atoms with Gasteiger partial charge in [-0.2, -0.15) is 13.2 Å². The number of aryl methyl sites for hydroxylation is 3. The second-order valence-electron chi connectivity index (χ2n) is 6.07. The van der Waals surface area contributed by atoms with Gasteiger partial charge in [0.05, 0.1) is 11.6 Å². The Hall–Kier alpha value is -2.30. The van der Waals surface area contributed by atoms with E-state index in [9.17, 15) is 18.0 Å². The summed E-state index contributed by atoms with van der Waals surface area (Å²) < 4.78 is 38.3. The highest BCUT2D eigenvalue weighted by Crippen LogP contribution is 2.29. The summed E-state index contributed by atoms with van der Waals surface area (Å²) in [5, 5.41) is 2.77. The van der Waals surface area contributed by atoms with E-state index in [-0.39, 0.29) is 11.6 Å². The minimum absolute atomic E-state index is 0.00170. The summed E-state index contributed by atoms with van der Waals surface area (Å²) in [4.78, 5) is 12.3. The summed E-state index contributed by atoms with van der Waals surface area (Å²) >= 11 is 0. The lowest BCUT2D eigenvalue weighted by Crippen LogP contribution is -2.27. The number of alkyl halides is 3. The number of benzene rings is 2. The van der Waals surface area contributed by atoms with Crippen molar-refractivity contribution in [2.75, 3.05) is 0 Å². The maximum Gasteiger partial charge on any atom is 0.416 e. The minimum atomic E-state index is -4.47. The lowest BCUT2D eigenvalue weighted by atomic mass is 9.96. The predicted molar refractivity (Wildman–Crippen MR) is 88.0 cm³/mol. The highest BCUT2D eigenvalue weighted by Gasteiger charge is 2.31. The van der Waals surface area contributed by atoms with Crippen molar-refractivity contribution in [2.45, 2.75) is 39.9 Å². The van der Waals surface area contributed by atoms with Crippen molar-refractivity contribution in [1.82, 2.24) is 5.32 Å². The molecule has 0 unspecified atom stereocenters. The van der Waals surface area contributed by atoms with Gasteiger partial charge in [-0.05, 0) is 68.1 Å². The number of nitrogens with one attached hydrogen (secondary N) is 1. The number of rotatable bonds is 3. The standard InChI is InChI=1S/C19H20F3NO/c1-11-8-13(3)17(9-12(11)2)14(4)23-18(24)15-6-5-7-16(10-15)19(20,21)22/h5-10,14H,1-4H3,(H,23,24)/t14-/m1/s1. The number of hydrogen-bond donors (Lipinski definition) is 1. The van der Waals surface area contributed by atoms with Crippen LogP contribution in [0.5, 0.6) is 0 Å². The molecule has 1 atom stereocenters. The van der Waals surface area contributed by atoms with Gasteiger partial charge in [0.2, 0.25) is 0 Å². The molecule has 2 aromatic rings. The molecule has 128 valence electrons. The number of hydrogen-bond acceptors (Lipinski definition) is 1. The van der Waals surface area contributed by atoms with Crippen LogP contribution in [-0.2, 0) is 6.18 Å². The minimum Gasteiger partial charge on any atom is -0.346 e. The van der Waals surface area contributed by atoms with Gasteiger partial charge in [0.25, 0.3) is 5.91 Å². The number of carbonyl (C=O) groups is 1. The van der Waals surface area contributed by atoms with Gasteiger partial charge in [0.15, 0.2) is 0 Å². The van der Waals surface area contributed by atoms with Gasteiger partial charge in [-0.1, -0.05) is 18.2 Å². The molecular formula is C19H20F3NO. The lowest BCUT2D eigenvalue weighted by molar-refractivity contribution is -0.137. The zero-order valence-corrected chi connectivity index (χ0v) is 14.1. The molecule has 0 spiro atoms. The Bertz CT molecular complexity index is 766. The van der Waals surface area contributed by atoms with Gasteiger partial charge in [0.1, 0.15) is 0 Å². The Labute approximate surface area is 139 Å². The average Bonchev–Trinajstić information content (AvgIpc) is 2.50. The molecule has 0 fully saturated rings. The Balaban J connectivity index is 2.22. The van der Waals surface area contributed by atoms with E-state index < -0.39 is 17.6 Å². The van der Waals surface area contributed by atoms with Gasteiger partial charge >= 0.3 is 6.18 Å². The molecule has 0 aliphatic rings. The third kappa shape index (κ3) is 3.96. The Morgan fingerprint density at radius 1 is 1.00 bits per heavy atom. The quantitative estimate of drug-likeness (QED) is 0.828. The average molecular weight is 335 g/mol. The second kappa shape index (κ2) is 6.67. The molecule has 0 aromatic heterocycles. The molecule has 0 saturated heterocycles. The van der Waals surface area contributed by atoms with E-state index in [1.165, 1.54) is 12.1 Å². The topological polar surface area (TPSA) is 29.1 Å². The Morgan fingerprint density at radius 3 is 2.25 bits per heavy atom. The van der Waals surface area contributed by atoms with E-state index in [4.69, 9.17) is 0 Å². The van der Waals surface area contributed by atoms with E-state index in [0.717, 1.165) is 34.4 Å². The highest BCUT2D eigenvalue weighted by atomic mass is 19.4. The highest BCUT2D eigenvalue weighted by molar-refractivity contribution is 5.94. The molecule has 2 aromatic carbocycles. The summed E-state index contributed by atoms with van der Waals surface area (Å²) in [6.45, 7) is 7.77. The van der Waals surface area contributed by atoms with Crippen LogP contribution in [0.4, 0.5) is 13.2 Å². The first-order valence-electron chi connectivity index (χ1n) is 7.65. The molecule has 1 N–H and O–H groups in total. The van der Waals surface area contributed by atoms with Crippen LogP contribution in [0.15, 0.2) is 36.4 Å². The molecule has 24 heavy (non-hydrogen) atoms. The Kier molecular flexibility index (Phi) is 5.02. The fourth-order valence-electron chi connectivity index (χ4n) is 2.64. The maximum atomic E-state index is 12.8. The first-order valence-corrected chi connectivity index (χ1v) is 7.65. The zero-order valence-electron chi connectivity index (χ0n) is 14.1. The molecule has 0 aliphatic heterocycles. The van der Waals surface area contributed by atoms with Crippen molar-refractivity contribution in [2.24, 2.45) is 0 Å². The summed E-state index contributed by atoms with van der Waals surface area (Å²) in [5.41, 5.74) is 3.43. The van der Waals surface area contributed by atoms with E-state index in [2.05, 4.69) is 5.32 Å². The van der Waals surface area contributed by atoms with Crippen LogP contribution in [0.3, 0.4) is 0 Å². The molecule has 0 saturated carbocycles. The van der Waals surface area contributed by atoms with E-state index in [1.54, 1.807) is 0 Å². The van der Waals surface area contributed by atoms with Gasteiger partial charge in [-0.25, -0.2) is 0 Å². The van der Waals surface area contributed by atoms with Crippen molar-refractivity contribution < 1.29 is 18.0 Å². The van der Waals surface area contributed by atoms with Crippen molar-refractivity contribution in [3.8, 4) is 0 Å².